The summed E-state index contributed by atoms with van der Waals surface area (Å²) >= 11 is 7.66. The summed E-state index contributed by atoms with van der Waals surface area (Å²) in [4.78, 5) is 0. The molecular formula is C8H2BrClF6. The Labute approximate surface area is 99.3 Å². The van der Waals surface area contributed by atoms with E-state index in [2.05, 4.69) is 15.9 Å². The molecule has 0 saturated carbocycles. The second-order valence-electron chi connectivity index (χ2n) is 2.81. The summed E-state index contributed by atoms with van der Waals surface area (Å²) in [6, 6.07) is 0.995. The lowest BCUT2D eigenvalue weighted by atomic mass is 10.1. The van der Waals surface area contributed by atoms with Gasteiger partial charge in [0.15, 0.2) is 0 Å². The third-order valence-corrected chi connectivity index (χ3v) is 2.51. The van der Waals surface area contributed by atoms with Crippen LogP contribution >= 0.6 is 27.5 Å². The minimum Gasteiger partial charge on any atom is -0.166 e. The van der Waals surface area contributed by atoms with Crippen LogP contribution in [0.2, 0.25) is 5.02 Å². The van der Waals surface area contributed by atoms with Crippen molar-refractivity contribution in [2.45, 2.75) is 12.4 Å². The van der Waals surface area contributed by atoms with Crippen LogP contribution in [0.4, 0.5) is 26.3 Å². The molecule has 0 aliphatic carbocycles. The lowest BCUT2D eigenvalue weighted by Crippen LogP contribution is -2.12. The maximum atomic E-state index is 12.3. The molecule has 16 heavy (non-hydrogen) atoms. The van der Waals surface area contributed by atoms with Gasteiger partial charge >= 0.3 is 12.4 Å². The number of hydrogen-bond acceptors (Lipinski definition) is 0. The summed E-state index contributed by atoms with van der Waals surface area (Å²) in [6.07, 6.45) is -9.86. The highest BCUT2D eigenvalue weighted by Gasteiger charge is 2.40. The van der Waals surface area contributed by atoms with Gasteiger partial charge in [-0.05, 0) is 12.1 Å². The van der Waals surface area contributed by atoms with Crippen molar-refractivity contribution in [2.75, 3.05) is 0 Å². The summed E-state index contributed by atoms with van der Waals surface area (Å²) in [5.41, 5.74) is -3.04. The van der Waals surface area contributed by atoms with E-state index in [1.165, 1.54) is 0 Å². The van der Waals surface area contributed by atoms with E-state index in [0.717, 1.165) is 0 Å². The van der Waals surface area contributed by atoms with Gasteiger partial charge in [0.05, 0.1) is 16.1 Å². The van der Waals surface area contributed by atoms with Crippen LogP contribution in [0.25, 0.3) is 0 Å². The Hall–Kier alpha value is -0.430. The molecule has 1 aromatic carbocycles. The molecule has 1 rings (SSSR count). The van der Waals surface area contributed by atoms with Crippen LogP contribution in [0.1, 0.15) is 11.1 Å². The smallest absolute Gasteiger partial charge is 0.166 e. The van der Waals surface area contributed by atoms with Crippen molar-refractivity contribution in [2.24, 2.45) is 0 Å². The summed E-state index contributed by atoms with van der Waals surface area (Å²) in [5.74, 6) is 0. The van der Waals surface area contributed by atoms with E-state index in [-0.39, 0.29) is 4.47 Å². The van der Waals surface area contributed by atoms with Crippen LogP contribution in [0, 0.1) is 0 Å². The number of alkyl halides is 6. The normalized spacial score (nSPS) is 13.0. The summed E-state index contributed by atoms with van der Waals surface area (Å²) in [5, 5.41) is -1.34. The van der Waals surface area contributed by atoms with Crippen molar-refractivity contribution in [1.29, 1.82) is 0 Å². The van der Waals surface area contributed by atoms with Crippen molar-refractivity contribution < 1.29 is 26.3 Å². The molecule has 0 fully saturated rings. The summed E-state index contributed by atoms with van der Waals surface area (Å²) in [6.45, 7) is 0. The maximum absolute atomic E-state index is 12.3. The first-order valence-electron chi connectivity index (χ1n) is 3.67. The zero-order valence-corrected chi connectivity index (χ0v) is 9.52. The van der Waals surface area contributed by atoms with Crippen molar-refractivity contribution in [3.8, 4) is 0 Å². The largest absolute Gasteiger partial charge is 0.417 e. The fraction of sp³-hybridized carbons (Fsp3) is 0.250. The Bertz CT molecular complexity index is 373. The van der Waals surface area contributed by atoms with E-state index in [9.17, 15) is 26.3 Å². The van der Waals surface area contributed by atoms with Crippen molar-refractivity contribution in [3.63, 3.8) is 0 Å². The standard InChI is InChI=1S/C8H2BrClF6/c9-3-1-4(7(11,12)13)6(10)5(2-3)8(14,15)16/h1-2H. The molecule has 0 amide bonds. The van der Waals surface area contributed by atoms with Crippen LogP contribution in [-0.2, 0) is 12.4 Å². The van der Waals surface area contributed by atoms with Gasteiger partial charge in [0.2, 0.25) is 0 Å². The Kier molecular flexibility index (Phi) is 3.50. The molecule has 0 aliphatic heterocycles. The number of halogens is 8. The molecule has 0 N–H and O–H groups in total. The number of rotatable bonds is 0. The number of hydrogen-bond donors (Lipinski definition) is 0. The summed E-state index contributed by atoms with van der Waals surface area (Å²) < 4.78 is 73.6. The van der Waals surface area contributed by atoms with E-state index < -0.39 is 28.5 Å². The average molecular weight is 327 g/mol. The minimum absolute atomic E-state index is 0.337. The number of benzene rings is 1. The second kappa shape index (κ2) is 4.10. The van der Waals surface area contributed by atoms with E-state index >= 15 is 0 Å². The SMILES string of the molecule is FC(F)(F)c1cc(Br)cc(C(F)(F)F)c1Cl. The van der Waals surface area contributed by atoms with E-state index in [1.807, 2.05) is 0 Å². The Balaban J connectivity index is 3.51. The molecule has 0 saturated heterocycles. The lowest BCUT2D eigenvalue weighted by Gasteiger charge is -2.15. The highest BCUT2D eigenvalue weighted by Crippen LogP contribution is 2.43. The Morgan fingerprint density at radius 1 is 0.875 bits per heavy atom. The van der Waals surface area contributed by atoms with Crippen LogP contribution in [0.5, 0.6) is 0 Å². The van der Waals surface area contributed by atoms with Gasteiger partial charge < -0.3 is 0 Å². The van der Waals surface area contributed by atoms with E-state index in [1.54, 1.807) is 0 Å². The molecule has 90 valence electrons. The first-order valence-corrected chi connectivity index (χ1v) is 4.84. The van der Waals surface area contributed by atoms with Gasteiger partial charge in [-0.25, -0.2) is 0 Å². The molecule has 1 aromatic rings. The van der Waals surface area contributed by atoms with Gasteiger partial charge in [-0.15, -0.1) is 0 Å². The molecule has 0 unspecified atom stereocenters. The zero-order chi connectivity index (χ0) is 12.7. The summed E-state index contributed by atoms with van der Waals surface area (Å²) in [7, 11) is 0. The quantitative estimate of drug-likeness (QED) is 0.579. The fourth-order valence-corrected chi connectivity index (χ4v) is 1.78. The van der Waals surface area contributed by atoms with Crippen LogP contribution in [0.3, 0.4) is 0 Å². The molecular weight excluding hydrogens is 325 g/mol. The third-order valence-electron chi connectivity index (χ3n) is 1.65. The fourth-order valence-electron chi connectivity index (χ4n) is 1.00. The van der Waals surface area contributed by atoms with Crippen molar-refractivity contribution in [1.82, 2.24) is 0 Å². The van der Waals surface area contributed by atoms with Crippen LogP contribution in [-0.4, -0.2) is 0 Å². The minimum atomic E-state index is -4.93. The molecule has 0 aliphatic rings. The predicted octanol–water partition coefficient (Wildman–Crippen LogP) is 5.14. The molecule has 0 radical (unpaired) electrons. The zero-order valence-electron chi connectivity index (χ0n) is 7.18. The molecule has 0 bridgehead atoms. The van der Waals surface area contributed by atoms with E-state index in [4.69, 9.17) is 11.6 Å². The van der Waals surface area contributed by atoms with Crippen molar-refractivity contribution >= 4 is 27.5 Å². The first kappa shape index (κ1) is 13.6. The van der Waals surface area contributed by atoms with Crippen molar-refractivity contribution in [3.05, 3.63) is 32.8 Å². The molecule has 0 atom stereocenters. The molecule has 0 spiro atoms. The predicted molar refractivity (Wildman–Crippen MR) is 49.2 cm³/mol. The van der Waals surface area contributed by atoms with Crippen LogP contribution < -0.4 is 0 Å². The van der Waals surface area contributed by atoms with Crippen LogP contribution in [0.15, 0.2) is 16.6 Å². The lowest BCUT2D eigenvalue weighted by molar-refractivity contribution is -0.142. The van der Waals surface area contributed by atoms with Gasteiger partial charge in [0.25, 0.3) is 0 Å². The van der Waals surface area contributed by atoms with Gasteiger partial charge in [0.1, 0.15) is 0 Å². The highest BCUT2D eigenvalue weighted by atomic mass is 79.9. The highest BCUT2D eigenvalue weighted by molar-refractivity contribution is 9.10. The second-order valence-corrected chi connectivity index (χ2v) is 4.10. The Morgan fingerprint density at radius 2 is 1.19 bits per heavy atom. The monoisotopic (exact) mass is 326 g/mol. The van der Waals surface area contributed by atoms with Gasteiger partial charge in [-0.2, -0.15) is 26.3 Å². The molecule has 0 heterocycles. The topological polar surface area (TPSA) is 0 Å². The Morgan fingerprint density at radius 3 is 1.44 bits per heavy atom. The first-order chi connectivity index (χ1) is 7.03. The van der Waals surface area contributed by atoms with Gasteiger partial charge in [-0.3, -0.25) is 0 Å². The molecule has 0 nitrogen and oxygen atoms in total. The van der Waals surface area contributed by atoms with Gasteiger partial charge in [-0.1, -0.05) is 27.5 Å². The molecule has 0 aromatic heterocycles. The van der Waals surface area contributed by atoms with E-state index in [0.29, 0.717) is 12.1 Å². The maximum Gasteiger partial charge on any atom is 0.417 e. The average Bonchev–Trinajstić information content (AvgIpc) is 2.04. The van der Waals surface area contributed by atoms with Gasteiger partial charge in [0, 0.05) is 4.47 Å². The molecule has 8 heteroatoms. The third kappa shape index (κ3) is 2.82.